The first-order valence-electron chi connectivity index (χ1n) is 9.39. The standard InChI is InChI=1S/C20H22N4O4/c1-14-18(27-13-21-14)20(25)24-10-5-8-16(12-24)26-11-9-17-22-19(28-23-17)15-6-3-2-4-7-15/h2-4,6-7,13,16H,5,8-12H2,1H3. The number of benzene rings is 1. The van der Waals surface area contributed by atoms with Crippen molar-refractivity contribution in [3.05, 3.63) is 54.0 Å². The van der Waals surface area contributed by atoms with Crippen molar-refractivity contribution in [2.24, 2.45) is 0 Å². The number of hydrogen-bond donors (Lipinski definition) is 0. The van der Waals surface area contributed by atoms with E-state index in [1.54, 1.807) is 11.8 Å². The summed E-state index contributed by atoms with van der Waals surface area (Å²) in [6, 6.07) is 9.66. The van der Waals surface area contributed by atoms with Crippen molar-refractivity contribution < 1.29 is 18.5 Å². The van der Waals surface area contributed by atoms with Crippen LogP contribution in [0.5, 0.6) is 0 Å². The van der Waals surface area contributed by atoms with Gasteiger partial charge in [-0.25, -0.2) is 4.98 Å². The van der Waals surface area contributed by atoms with Gasteiger partial charge in [0.05, 0.1) is 18.4 Å². The molecule has 0 aliphatic carbocycles. The average Bonchev–Trinajstić information content (AvgIpc) is 3.37. The molecule has 1 fully saturated rings. The van der Waals surface area contributed by atoms with Gasteiger partial charge in [-0.1, -0.05) is 23.4 Å². The van der Waals surface area contributed by atoms with E-state index in [0.717, 1.165) is 18.4 Å². The Morgan fingerprint density at radius 1 is 1.32 bits per heavy atom. The molecule has 28 heavy (non-hydrogen) atoms. The van der Waals surface area contributed by atoms with Gasteiger partial charge in [0.2, 0.25) is 5.76 Å². The van der Waals surface area contributed by atoms with Gasteiger partial charge in [-0.15, -0.1) is 0 Å². The van der Waals surface area contributed by atoms with E-state index in [0.29, 0.717) is 49.3 Å². The Bertz CT molecular complexity index is 921. The molecule has 2 aromatic heterocycles. The third-order valence-corrected chi connectivity index (χ3v) is 4.77. The van der Waals surface area contributed by atoms with E-state index in [1.165, 1.54) is 6.39 Å². The number of likely N-dealkylation sites (tertiary alicyclic amines) is 1. The van der Waals surface area contributed by atoms with Crippen molar-refractivity contribution in [3.8, 4) is 11.5 Å². The maximum Gasteiger partial charge on any atom is 0.291 e. The number of amides is 1. The van der Waals surface area contributed by atoms with E-state index in [2.05, 4.69) is 15.1 Å². The normalized spacial score (nSPS) is 17.0. The Balaban J connectivity index is 1.28. The van der Waals surface area contributed by atoms with Crippen LogP contribution in [-0.4, -0.2) is 51.7 Å². The maximum absolute atomic E-state index is 12.6. The van der Waals surface area contributed by atoms with Gasteiger partial charge in [0.1, 0.15) is 0 Å². The highest BCUT2D eigenvalue weighted by Gasteiger charge is 2.27. The lowest BCUT2D eigenvalue weighted by Crippen LogP contribution is -2.43. The number of piperidine rings is 1. The monoisotopic (exact) mass is 382 g/mol. The van der Waals surface area contributed by atoms with Crippen molar-refractivity contribution in [3.63, 3.8) is 0 Å². The zero-order valence-electron chi connectivity index (χ0n) is 15.7. The van der Waals surface area contributed by atoms with E-state index in [1.807, 2.05) is 30.3 Å². The van der Waals surface area contributed by atoms with Crippen molar-refractivity contribution in [1.29, 1.82) is 0 Å². The summed E-state index contributed by atoms with van der Waals surface area (Å²) in [5.74, 6) is 1.29. The lowest BCUT2D eigenvalue weighted by atomic mass is 10.1. The van der Waals surface area contributed by atoms with E-state index < -0.39 is 0 Å². The van der Waals surface area contributed by atoms with Gasteiger partial charge in [0.15, 0.2) is 12.2 Å². The molecule has 0 N–H and O–H groups in total. The lowest BCUT2D eigenvalue weighted by Gasteiger charge is -2.32. The highest BCUT2D eigenvalue weighted by Crippen LogP contribution is 2.19. The smallest absolute Gasteiger partial charge is 0.291 e. The molecule has 4 rings (SSSR count). The van der Waals surface area contributed by atoms with E-state index in [9.17, 15) is 4.79 Å². The molecule has 0 bridgehead atoms. The van der Waals surface area contributed by atoms with E-state index >= 15 is 0 Å². The van der Waals surface area contributed by atoms with Gasteiger partial charge < -0.3 is 18.6 Å². The molecule has 1 aromatic carbocycles. The number of carbonyl (C=O) groups is 1. The molecule has 1 saturated heterocycles. The summed E-state index contributed by atoms with van der Waals surface area (Å²) in [4.78, 5) is 22.7. The quantitative estimate of drug-likeness (QED) is 0.647. The predicted octanol–water partition coefficient (Wildman–Crippen LogP) is 2.90. The Kier molecular flexibility index (Phi) is 5.48. The molecule has 3 heterocycles. The molecule has 0 radical (unpaired) electrons. The highest BCUT2D eigenvalue weighted by molar-refractivity contribution is 5.92. The second-order valence-corrected chi connectivity index (χ2v) is 6.78. The summed E-state index contributed by atoms with van der Waals surface area (Å²) < 4.78 is 16.5. The van der Waals surface area contributed by atoms with E-state index in [-0.39, 0.29) is 12.0 Å². The number of oxazole rings is 1. The highest BCUT2D eigenvalue weighted by atomic mass is 16.5. The van der Waals surface area contributed by atoms with Gasteiger partial charge in [0.25, 0.3) is 11.8 Å². The number of hydrogen-bond acceptors (Lipinski definition) is 7. The van der Waals surface area contributed by atoms with Gasteiger partial charge in [-0.05, 0) is 31.9 Å². The minimum absolute atomic E-state index is 0.0126. The first-order valence-corrected chi connectivity index (χ1v) is 9.39. The molecule has 3 aromatic rings. The van der Waals surface area contributed by atoms with Crippen molar-refractivity contribution >= 4 is 5.91 Å². The molecular weight excluding hydrogens is 360 g/mol. The number of aromatic nitrogens is 3. The summed E-state index contributed by atoms with van der Waals surface area (Å²) in [6.07, 6.45) is 3.66. The molecule has 1 amide bonds. The fourth-order valence-corrected chi connectivity index (χ4v) is 3.28. The molecule has 1 atom stereocenters. The minimum atomic E-state index is -0.131. The summed E-state index contributed by atoms with van der Waals surface area (Å²) in [6.45, 7) is 3.48. The summed E-state index contributed by atoms with van der Waals surface area (Å²) in [5.41, 5.74) is 1.51. The van der Waals surface area contributed by atoms with Crippen molar-refractivity contribution in [1.82, 2.24) is 20.0 Å². The number of carbonyl (C=O) groups excluding carboxylic acids is 1. The van der Waals surface area contributed by atoms with Crippen LogP contribution >= 0.6 is 0 Å². The van der Waals surface area contributed by atoms with E-state index in [4.69, 9.17) is 13.7 Å². The van der Waals surface area contributed by atoms with Crippen LogP contribution in [0, 0.1) is 6.92 Å². The Hall–Kier alpha value is -3.00. The average molecular weight is 382 g/mol. The zero-order valence-corrected chi connectivity index (χ0v) is 15.7. The number of aryl methyl sites for hydroxylation is 1. The van der Waals surface area contributed by atoms with Crippen LogP contribution in [0.2, 0.25) is 0 Å². The molecule has 1 aliphatic rings. The third kappa shape index (κ3) is 4.12. The maximum atomic E-state index is 12.6. The second kappa shape index (κ2) is 8.35. The van der Waals surface area contributed by atoms with Crippen LogP contribution in [0.3, 0.4) is 0 Å². The van der Waals surface area contributed by atoms with Crippen LogP contribution in [0.15, 0.2) is 45.7 Å². The predicted molar refractivity (Wildman–Crippen MR) is 99.6 cm³/mol. The second-order valence-electron chi connectivity index (χ2n) is 6.78. The summed E-state index contributed by atoms with van der Waals surface area (Å²) >= 11 is 0. The Morgan fingerprint density at radius 3 is 2.96 bits per heavy atom. The first-order chi connectivity index (χ1) is 13.7. The van der Waals surface area contributed by atoms with Gasteiger partial charge in [0, 0.05) is 25.1 Å². The lowest BCUT2D eigenvalue weighted by molar-refractivity contribution is 0.00151. The molecule has 0 saturated carbocycles. The summed E-state index contributed by atoms with van der Waals surface area (Å²) in [5, 5.41) is 4.01. The van der Waals surface area contributed by atoms with Crippen LogP contribution < -0.4 is 0 Å². The van der Waals surface area contributed by atoms with Crippen LogP contribution in [0.4, 0.5) is 0 Å². The summed E-state index contributed by atoms with van der Waals surface area (Å²) in [7, 11) is 0. The fraction of sp³-hybridized carbons (Fsp3) is 0.400. The number of rotatable bonds is 6. The number of nitrogens with zero attached hydrogens (tertiary/aromatic N) is 4. The first kappa shape index (κ1) is 18.4. The largest absolute Gasteiger partial charge is 0.438 e. The molecule has 1 aliphatic heterocycles. The van der Waals surface area contributed by atoms with Crippen molar-refractivity contribution in [2.75, 3.05) is 19.7 Å². The molecule has 8 heteroatoms. The van der Waals surface area contributed by atoms with Crippen LogP contribution in [0.1, 0.15) is 34.9 Å². The molecule has 146 valence electrons. The Morgan fingerprint density at radius 2 is 2.18 bits per heavy atom. The minimum Gasteiger partial charge on any atom is -0.438 e. The molecule has 8 nitrogen and oxygen atoms in total. The van der Waals surface area contributed by atoms with Gasteiger partial charge >= 0.3 is 0 Å². The molecular formula is C20H22N4O4. The van der Waals surface area contributed by atoms with Gasteiger partial charge in [-0.2, -0.15) is 4.98 Å². The fourth-order valence-electron chi connectivity index (χ4n) is 3.28. The van der Waals surface area contributed by atoms with Crippen LogP contribution in [0.25, 0.3) is 11.5 Å². The molecule has 1 unspecified atom stereocenters. The molecule has 0 spiro atoms. The SMILES string of the molecule is Cc1ncoc1C(=O)N1CCCC(OCCc2noc(-c3ccccc3)n2)C1. The zero-order chi connectivity index (χ0) is 19.3. The van der Waals surface area contributed by atoms with Crippen molar-refractivity contribution in [2.45, 2.75) is 32.3 Å². The number of ether oxygens (including phenoxy) is 1. The Labute approximate surface area is 162 Å². The van der Waals surface area contributed by atoms with Crippen LogP contribution in [-0.2, 0) is 11.2 Å². The third-order valence-electron chi connectivity index (χ3n) is 4.77. The van der Waals surface area contributed by atoms with Gasteiger partial charge in [-0.3, -0.25) is 4.79 Å². The topological polar surface area (TPSA) is 94.5 Å².